The lowest BCUT2D eigenvalue weighted by Crippen LogP contribution is -2.33. The Hall–Kier alpha value is -1.88. The van der Waals surface area contributed by atoms with E-state index in [9.17, 15) is 14.7 Å². The van der Waals surface area contributed by atoms with E-state index in [0.717, 1.165) is 0 Å². The minimum Gasteiger partial charge on any atom is -0.464 e. The van der Waals surface area contributed by atoms with E-state index < -0.39 is 18.0 Å². The van der Waals surface area contributed by atoms with Gasteiger partial charge in [0.05, 0.1) is 6.61 Å². The van der Waals surface area contributed by atoms with Crippen molar-refractivity contribution in [1.82, 2.24) is 0 Å². The lowest BCUT2D eigenvalue weighted by molar-refractivity contribution is -0.155. The van der Waals surface area contributed by atoms with Crippen molar-refractivity contribution in [3.63, 3.8) is 0 Å². The van der Waals surface area contributed by atoms with Crippen molar-refractivity contribution >= 4 is 17.6 Å². The van der Waals surface area contributed by atoms with Gasteiger partial charge in [-0.15, -0.1) is 0 Å². The Morgan fingerprint density at radius 1 is 1.53 bits per heavy atom. The number of nitrogens with one attached hydrogen (secondary N) is 1. The van der Waals surface area contributed by atoms with Crippen molar-refractivity contribution in [3.8, 4) is 0 Å². The number of para-hydroxylation sites is 1. The summed E-state index contributed by atoms with van der Waals surface area (Å²) in [5, 5.41) is 12.4. The minimum atomic E-state index is -1.46. The molecular weight excluding hydrogens is 222 g/mol. The number of anilines is 1. The van der Waals surface area contributed by atoms with Gasteiger partial charge in [0.1, 0.15) is 5.92 Å². The average molecular weight is 235 g/mol. The first-order chi connectivity index (χ1) is 8.15. The predicted molar refractivity (Wildman–Crippen MR) is 60.5 cm³/mol. The molecule has 0 radical (unpaired) electrons. The molecule has 0 aromatic heterocycles. The number of aliphatic hydroxyl groups excluding tert-OH is 1. The Kier molecular flexibility index (Phi) is 3.10. The highest BCUT2D eigenvalue weighted by Gasteiger charge is 2.40. The van der Waals surface area contributed by atoms with Crippen LogP contribution in [0.4, 0.5) is 5.69 Å². The number of carbonyl (C=O) groups is 2. The maximum absolute atomic E-state index is 11.7. The van der Waals surface area contributed by atoms with Gasteiger partial charge in [-0.2, -0.15) is 0 Å². The van der Waals surface area contributed by atoms with Gasteiger partial charge in [0.25, 0.3) is 0 Å². The minimum absolute atomic E-state index is 0.172. The number of esters is 1. The van der Waals surface area contributed by atoms with Crippen LogP contribution in [0.5, 0.6) is 0 Å². The van der Waals surface area contributed by atoms with Crippen molar-refractivity contribution in [2.45, 2.75) is 18.9 Å². The second-order valence-corrected chi connectivity index (χ2v) is 3.75. The summed E-state index contributed by atoms with van der Waals surface area (Å²) in [5.41, 5.74) is 1.25. The number of hydrogen-bond donors (Lipinski definition) is 2. The van der Waals surface area contributed by atoms with Gasteiger partial charge in [0.15, 0.2) is 6.10 Å². The molecule has 1 aliphatic rings. The number of carbonyl (C=O) groups excluding carboxylic acids is 2. The topological polar surface area (TPSA) is 75.6 Å². The van der Waals surface area contributed by atoms with Crippen LogP contribution in [0.3, 0.4) is 0 Å². The second kappa shape index (κ2) is 4.55. The lowest BCUT2D eigenvalue weighted by Gasteiger charge is -2.15. The van der Waals surface area contributed by atoms with Crippen LogP contribution in [-0.4, -0.2) is 29.7 Å². The van der Waals surface area contributed by atoms with Crippen molar-refractivity contribution in [3.05, 3.63) is 29.8 Å². The number of fused-ring (bicyclic) bond motifs is 1. The summed E-state index contributed by atoms with van der Waals surface area (Å²) in [4.78, 5) is 23.1. The van der Waals surface area contributed by atoms with Crippen molar-refractivity contribution in [1.29, 1.82) is 0 Å². The maximum atomic E-state index is 11.7. The third kappa shape index (κ3) is 2.01. The number of amides is 1. The molecule has 5 heteroatoms. The van der Waals surface area contributed by atoms with Crippen molar-refractivity contribution < 1.29 is 19.4 Å². The van der Waals surface area contributed by atoms with Crippen LogP contribution in [0.1, 0.15) is 18.4 Å². The molecule has 0 fully saturated rings. The van der Waals surface area contributed by atoms with Crippen LogP contribution >= 0.6 is 0 Å². The molecule has 1 amide bonds. The summed E-state index contributed by atoms with van der Waals surface area (Å²) in [7, 11) is 0. The van der Waals surface area contributed by atoms with E-state index in [1.807, 2.05) is 0 Å². The van der Waals surface area contributed by atoms with E-state index in [4.69, 9.17) is 4.74 Å². The molecule has 0 saturated heterocycles. The van der Waals surface area contributed by atoms with Crippen LogP contribution < -0.4 is 5.32 Å². The maximum Gasteiger partial charge on any atom is 0.336 e. The molecule has 1 aromatic rings. The molecule has 0 bridgehead atoms. The first-order valence-electron chi connectivity index (χ1n) is 5.39. The van der Waals surface area contributed by atoms with Crippen molar-refractivity contribution in [2.75, 3.05) is 11.9 Å². The fourth-order valence-corrected chi connectivity index (χ4v) is 1.91. The third-order valence-electron chi connectivity index (χ3n) is 2.68. The van der Waals surface area contributed by atoms with Crippen LogP contribution in [0.2, 0.25) is 0 Å². The molecule has 0 spiro atoms. The molecule has 0 aliphatic carbocycles. The molecule has 2 N–H and O–H groups in total. The molecule has 1 heterocycles. The largest absolute Gasteiger partial charge is 0.464 e. The van der Waals surface area contributed by atoms with Crippen LogP contribution in [-0.2, 0) is 14.3 Å². The van der Waals surface area contributed by atoms with E-state index in [-0.39, 0.29) is 12.5 Å². The number of aliphatic hydroxyl groups is 1. The normalized spacial score (nSPS) is 19.4. The highest BCUT2D eigenvalue weighted by molar-refractivity contribution is 6.05. The quantitative estimate of drug-likeness (QED) is 0.754. The highest BCUT2D eigenvalue weighted by atomic mass is 16.5. The summed E-state index contributed by atoms with van der Waals surface area (Å²) >= 11 is 0. The predicted octanol–water partition coefficient (Wildman–Crippen LogP) is 0.646. The Labute approximate surface area is 98.4 Å². The van der Waals surface area contributed by atoms with Gasteiger partial charge in [-0.05, 0) is 18.6 Å². The van der Waals surface area contributed by atoms with E-state index in [1.165, 1.54) is 0 Å². The highest BCUT2D eigenvalue weighted by Crippen LogP contribution is 2.34. The molecule has 17 heavy (non-hydrogen) atoms. The van der Waals surface area contributed by atoms with Gasteiger partial charge in [-0.25, -0.2) is 4.79 Å². The smallest absolute Gasteiger partial charge is 0.336 e. The SMILES string of the molecule is CCOC(=O)[C@@H](O)[C@H]1C(=O)Nc2ccccc21. The first-order valence-corrected chi connectivity index (χ1v) is 5.39. The fraction of sp³-hybridized carbons (Fsp3) is 0.333. The zero-order chi connectivity index (χ0) is 12.4. The Morgan fingerprint density at radius 2 is 2.24 bits per heavy atom. The number of ether oxygens (including phenoxy) is 1. The molecular formula is C12H13NO4. The van der Waals surface area contributed by atoms with Gasteiger partial charge in [-0.3, -0.25) is 4.79 Å². The standard InChI is InChI=1S/C12H13NO4/c1-2-17-12(16)10(14)9-7-5-3-4-6-8(7)13-11(9)15/h3-6,9-10,14H,2H2,1H3,(H,13,15)/t9-,10-/m0/s1. The third-order valence-corrected chi connectivity index (χ3v) is 2.68. The van der Waals surface area contributed by atoms with Gasteiger partial charge < -0.3 is 15.2 Å². The first kappa shape index (κ1) is 11.6. The van der Waals surface area contributed by atoms with Gasteiger partial charge in [0, 0.05) is 5.69 Å². The van der Waals surface area contributed by atoms with E-state index >= 15 is 0 Å². The Bertz CT molecular complexity index is 458. The van der Waals surface area contributed by atoms with Crippen LogP contribution in [0.25, 0.3) is 0 Å². The molecule has 1 aromatic carbocycles. The van der Waals surface area contributed by atoms with E-state index in [2.05, 4.69) is 5.32 Å². The molecule has 2 atom stereocenters. The van der Waals surface area contributed by atoms with E-state index in [0.29, 0.717) is 11.3 Å². The zero-order valence-corrected chi connectivity index (χ0v) is 9.34. The van der Waals surface area contributed by atoms with Gasteiger partial charge in [0.2, 0.25) is 5.91 Å². The molecule has 2 rings (SSSR count). The molecule has 0 unspecified atom stereocenters. The second-order valence-electron chi connectivity index (χ2n) is 3.75. The van der Waals surface area contributed by atoms with Crippen molar-refractivity contribution in [2.24, 2.45) is 0 Å². The summed E-state index contributed by atoms with van der Waals surface area (Å²) < 4.78 is 4.71. The fourth-order valence-electron chi connectivity index (χ4n) is 1.91. The summed E-state index contributed by atoms with van der Waals surface area (Å²) in [6.45, 7) is 1.82. The van der Waals surface area contributed by atoms with Crippen LogP contribution in [0, 0.1) is 0 Å². The lowest BCUT2D eigenvalue weighted by atomic mass is 9.95. The Morgan fingerprint density at radius 3 is 2.94 bits per heavy atom. The zero-order valence-electron chi connectivity index (χ0n) is 9.34. The molecule has 0 saturated carbocycles. The molecule has 90 valence electrons. The monoisotopic (exact) mass is 235 g/mol. The number of benzene rings is 1. The number of rotatable bonds is 3. The summed E-state index contributed by atoms with van der Waals surface area (Å²) in [5.74, 6) is -2.04. The molecule has 1 aliphatic heterocycles. The number of hydrogen-bond acceptors (Lipinski definition) is 4. The van der Waals surface area contributed by atoms with Crippen LogP contribution in [0.15, 0.2) is 24.3 Å². The molecule has 5 nitrogen and oxygen atoms in total. The average Bonchev–Trinajstić information content (AvgIpc) is 2.64. The van der Waals surface area contributed by atoms with Gasteiger partial charge in [-0.1, -0.05) is 18.2 Å². The summed E-state index contributed by atoms with van der Waals surface area (Å²) in [6, 6.07) is 6.97. The Balaban J connectivity index is 2.27. The van der Waals surface area contributed by atoms with E-state index in [1.54, 1.807) is 31.2 Å². The summed E-state index contributed by atoms with van der Waals surface area (Å²) in [6.07, 6.45) is -1.46. The van der Waals surface area contributed by atoms with Gasteiger partial charge >= 0.3 is 5.97 Å².